The zero-order chi connectivity index (χ0) is 10.1. The number of fused-ring (bicyclic) bond motifs is 1. The Balaban J connectivity index is 2.68. The Morgan fingerprint density at radius 3 is 2.86 bits per heavy atom. The normalized spacial score (nSPS) is 10.8. The minimum Gasteiger partial charge on any atom is -0.497 e. The molecule has 74 valence electrons. The molecule has 0 spiro atoms. The molecule has 0 unspecified atom stereocenters. The number of methoxy groups -OCH3 is 1. The average molecular weight is 190 g/mol. The SMILES string of the molecule is COc1ccn2c(CN)c(C)cc2c1. The fourth-order valence-corrected chi connectivity index (χ4v) is 1.74. The minimum absolute atomic E-state index is 0.562. The quantitative estimate of drug-likeness (QED) is 0.783. The van der Waals surface area contributed by atoms with Crippen LogP contribution in [-0.4, -0.2) is 11.5 Å². The second kappa shape index (κ2) is 3.35. The molecule has 0 radical (unpaired) electrons. The van der Waals surface area contributed by atoms with Gasteiger partial charge in [0.25, 0.3) is 0 Å². The van der Waals surface area contributed by atoms with Gasteiger partial charge in [0.05, 0.1) is 7.11 Å². The monoisotopic (exact) mass is 190 g/mol. The Hall–Kier alpha value is -1.48. The van der Waals surface area contributed by atoms with Crippen LogP contribution in [0.3, 0.4) is 0 Å². The molecule has 0 saturated carbocycles. The number of ether oxygens (including phenoxy) is 1. The van der Waals surface area contributed by atoms with Gasteiger partial charge in [-0.1, -0.05) is 0 Å². The second-order valence-corrected chi connectivity index (χ2v) is 3.34. The molecular formula is C11H14N2O. The van der Waals surface area contributed by atoms with Crippen molar-refractivity contribution in [3.05, 3.63) is 35.7 Å². The summed E-state index contributed by atoms with van der Waals surface area (Å²) >= 11 is 0. The second-order valence-electron chi connectivity index (χ2n) is 3.34. The van der Waals surface area contributed by atoms with E-state index >= 15 is 0 Å². The van der Waals surface area contributed by atoms with Gasteiger partial charge in [-0.3, -0.25) is 0 Å². The molecule has 2 aromatic heterocycles. The van der Waals surface area contributed by atoms with Gasteiger partial charge >= 0.3 is 0 Å². The van der Waals surface area contributed by atoms with Crippen LogP contribution in [-0.2, 0) is 6.54 Å². The predicted octanol–water partition coefficient (Wildman–Crippen LogP) is 1.72. The maximum Gasteiger partial charge on any atom is 0.122 e. The van der Waals surface area contributed by atoms with Crippen LogP contribution < -0.4 is 10.5 Å². The van der Waals surface area contributed by atoms with Gasteiger partial charge in [-0.15, -0.1) is 0 Å². The van der Waals surface area contributed by atoms with E-state index in [9.17, 15) is 0 Å². The molecule has 0 bridgehead atoms. The molecule has 3 nitrogen and oxygen atoms in total. The van der Waals surface area contributed by atoms with E-state index < -0.39 is 0 Å². The number of pyridine rings is 1. The minimum atomic E-state index is 0.562. The number of rotatable bonds is 2. The number of aromatic nitrogens is 1. The molecule has 0 aromatic carbocycles. The van der Waals surface area contributed by atoms with Crippen molar-refractivity contribution in [1.82, 2.24) is 4.40 Å². The van der Waals surface area contributed by atoms with Crippen LogP contribution in [0.4, 0.5) is 0 Å². The van der Waals surface area contributed by atoms with E-state index in [1.165, 1.54) is 5.56 Å². The first kappa shape index (κ1) is 9.09. The molecule has 2 aromatic rings. The molecule has 0 aliphatic rings. The first-order valence-electron chi connectivity index (χ1n) is 4.61. The fraction of sp³-hybridized carbons (Fsp3) is 0.273. The standard InChI is InChI=1S/C11H14N2O/c1-8-5-9-6-10(14-2)3-4-13(9)11(8)7-12/h3-6H,7,12H2,1-2H3. The van der Waals surface area contributed by atoms with Crippen LogP contribution in [0.25, 0.3) is 5.52 Å². The van der Waals surface area contributed by atoms with Crippen molar-refractivity contribution < 1.29 is 4.74 Å². The van der Waals surface area contributed by atoms with Gasteiger partial charge in [-0.05, 0) is 24.6 Å². The van der Waals surface area contributed by atoms with Crippen molar-refractivity contribution in [1.29, 1.82) is 0 Å². The Bertz CT molecular complexity index is 460. The van der Waals surface area contributed by atoms with E-state index in [0.29, 0.717) is 6.54 Å². The van der Waals surface area contributed by atoms with E-state index in [0.717, 1.165) is 17.0 Å². The summed E-state index contributed by atoms with van der Waals surface area (Å²) in [5, 5.41) is 0. The van der Waals surface area contributed by atoms with Crippen LogP contribution in [0.5, 0.6) is 5.75 Å². The van der Waals surface area contributed by atoms with Gasteiger partial charge in [-0.25, -0.2) is 0 Å². The van der Waals surface area contributed by atoms with Crippen LogP contribution >= 0.6 is 0 Å². The van der Waals surface area contributed by atoms with Crippen molar-refractivity contribution in [3.63, 3.8) is 0 Å². The summed E-state index contributed by atoms with van der Waals surface area (Å²) in [5.41, 5.74) is 9.18. The number of hydrogen-bond acceptors (Lipinski definition) is 2. The highest BCUT2D eigenvalue weighted by Gasteiger charge is 2.05. The maximum atomic E-state index is 5.68. The van der Waals surface area contributed by atoms with E-state index in [2.05, 4.69) is 17.4 Å². The van der Waals surface area contributed by atoms with Crippen molar-refractivity contribution in [2.45, 2.75) is 13.5 Å². The van der Waals surface area contributed by atoms with E-state index in [1.807, 2.05) is 18.3 Å². The number of nitrogens with two attached hydrogens (primary N) is 1. The van der Waals surface area contributed by atoms with Crippen LogP contribution in [0.2, 0.25) is 0 Å². The smallest absolute Gasteiger partial charge is 0.122 e. The molecule has 2 rings (SSSR count). The molecule has 0 amide bonds. The predicted molar refractivity (Wildman–Crippen MR) is 56.6 cm³/mol. The highest BCUT2D eigenvalue weighted by molar-refractivity contribution is 5.56. The Labute approximate surface area is 83.1 Å². The first-order chi connectivity index (χ1) is 6.76. The number of aryl methyl sites for hydroxylation is 1. The molecule has 2 N–H and O–H groups in total. The van der Waals surface area contributed by atoms with Gasteiger partial charge in [-0.2, -0.15) is 0 Å². The lowest BCUT2D eigenvalue weighted by atomic mass is 10.3. The van der Waals surface area contributed by atoms with Crippen molar-refractivity contribution in [2.24, 2.45) is 5.73 Å². The van der Waals surface area contributed by atoms with E-state index in [-0.39, 0.29) is 0 Å². The molecule has 0 aliphatic carbocycles. The van der Waals surface area contributed by atoms with E-state index in [1.54, 1.807) is 7.11 Å². The number of nitrogens with zero attached hydrogens (tertiary/aromatic N) is 1. The Morgan fingerprint density at radius 1 is 1.43 bits per heavy atom. The highest BCUT2D eigenvalue weighted by Crippen LogP contribution is 2.20. The van der Waals surface area contributed by atoms with E-state index in [4.69, 9.17) is 10.5 Å². The van der Waals surface area contributed by atoms with Crippen LogP contribution in [0, 0.1) is 6.92 Å². The summed E-state index contributed by atoms with van der Waals surface area (Å²) in [6, 6.07) is 6.06. The average Bonchev–Trinajstić information content (AvgIpc) is 2.51. The summed E-state index contributed by atoms with van der Waals surface area (Å²) in [6.45, 7) is 2.63. The third kappa shape index (κ3) is 1.26. The van der Waals surface area contributed by atoms with Gasteiger partial charge in [0, 0.05) is 30.0 Å². The molecule has 0 aliphatic heterocycles. The third-order valence-electron chi connectivity index (χ3n) is 2.50. The highest BCUT2D eigenvalue weighted by atomic mass is 16.5. The zero-order valence-corrected chi connectivity index (χ0v) is 8.45. The molecule has 14 heavy (non-hydrogen) atoms. The molecule has 0 fully saturated rings. The van der Waals surface area contributed by atoms with Crippen molar-refractivity contribution in [3.8, 4) is 5.75 Å². The zero-order valence-electron chi connectivity index (χ0n) is 8.45. The fourth-order valence-electron chi connectivity index (χ4n) is 1.74. The third-order valence-corrected chi connectivity index (χ3v) is 2.50. The largest absolute Gasteiger partial charge is 0.497 e. The molecular weight excluding hydrogens is 176 g/mol. The molecule has 0 atom stereocenters. The topological polar surface area (TPSA) is 39.7 Å². The van der Waals surface area contributed by atoms with Crippen molar-refractivity contribution in [2.75, 3.05) is 7.11 Å². The van der Waals surface area contributed by atoms with Gasteiger partial charge < -0.3 is 14.9 Å². The van der Waals surface area contributed by atoms with Gasteiger partial charge in [0.15, 0.2) is 0 Å². The summed E-state index contributed by atoms with van der Waals surface area (Å²) in [4.78, 5) is 0. The summed E-state index contributed by atoms with van der Waals surface area (Å²) < 4.78 is 7.26. The van der Waals surface area contributed by atoms with Crippen LogP contribution in [0.1, 0.15) is 11.3 Å². The summed E-state index contributed by atoms with van der Waals surface area (Å²) in [7, 11) is 1.67. The van der Waals surface area contributed by atoms with Crippen LogP contribution in [0.15, 0.2) is 24.4 Å². The lowest BCUT2D eigenvalue weighted by Crippen LogP contribution is -2.02. The number of hydrogen-bond donors (Lipinski definition) is 1. The lowest BCUT2D eigenvalue weighted by Gasteiger charge is -2.03. The maximum absolute atomic E-state index is 5.68. The van der Waals surface area contributed by atoms with Gasteiger partial charge in [0.1, 0.15) is 5.75 Å². The lowest BCUT2D eigenvalue weighted by molar-refractivity contribution is 0.414. The molecule has 3 heteroatoms. The molecule has 2 heterocycles. The summed E-state index contributed by atoms with van der Waals surface area (Å²) in [5.74, 6) is 0.874. The first-order valence-corrected chi connectivity index (χ1v) is 4.61. The Kier molecular flexibility index (Phi) is 2.17. The van der Waals surface area contributed by atoms with Crippen molar-refractivity contribution >= 4 is 5.52 Å². The Morgan fingerprint density at radius 2 is 2.21 bits per heavy atom. The molecule has 0 saturated heterocycles. The van der Waals surface area contributed by atoms with Gasteiger partial charge in [0.2, 0.25) is 0 Å². The summed E-state index contributed by atoms with van der Waals surface area (Å²) in [6.07, 6.45) is 1.99.